The number of carboxylic acids is 1. The molecule has 0 aromatic heterocycles. The fourth-order valence-corrected chi connectivity index (χ4v) is 1.38. The van der Waals surface area contributed by atoms with Crippen LogP contribution in [0.3, 0.4) is 0 Å². The van der Waals surface area contributed by atoms with E-state index in [0.29, 0.717) is 12.5 Å². The van der Waals surface area contributed by atoms with Gasteiger partial charge in [0, 0.05) is 13.6 Å². The van der Waals surface area contributed by atoms with Crippen molar-refractivity contribution < 1.29 is 14.7 Å². The van der Waals surface area contributed by atoms with Gasteiger partial charge in [-0.1, -0.05) is 13.8 Å². The molecule has 0 saturated heterocycles. The second-order valence-electron chi connectivity index (χ2n) is 4.01. The first-order valence-electron chi connectivity index (χ1n) is 5.06. The minimum absolute atomic E-state index is 0.104. The molecule has 0 aliphatic rings. The van der Waals surface area contributed by atoms with Crippen LogP contribution in [0.25, 0.3) is 0 Å². The van der Waals surface area contributed by atoms with Gasteiger partial charge in [0.25, 0.3) is 0 Å². The third-order valence-electron chi connectivity index (χ3n) is 2.11. The van der Waals surface area contributed by atoms with E-state index in [1.807, 2.05) is 13.8 Å². The lowest BCUT2D eigenvalue weighted by atomic mass is 10.1. The number of rotatable bonds is 6. The van der Waals surface area contributed by atoms with Gasteiger partial charge in [0.15, 0.2) is 0 Å². The van der Waals surface area contributed by atoms with E-state index in [0.717, 1.165) is 0 Å². The molecule has 1 amide bonds. The molecule has 0 aliphatic heterocycles. The van der Waals surface area contributed by atoms with Crippen LogP contribution in [-0.2, 0) is 9.59 Å². The summed E-state index contributed by atoms with van der Waals surface area (Å²) in [5.41, 5.74) is 0. The van der Waals surface area contributed by atoms with Crippen molar-refractivity contribution in [3.8, 4) is 0 Å². The van der Waals surface area contributed by atoms with Gasteiger partial charge in [0.2, 0.25) is 5.91 Å². The predicted molar refractivity (Wildman–Crippen MR) is 57.6 cm³/mol. The van der Waals surface area contributed by atoms with Crippen LogP contribution >= 0.6 is 0 Å². The Balaban J connectivity index is 4.46. The van der Waals surface area contributed by atoms with Crippen molar-refractivity contribution in [2.75, 3.05) is 20.1 Å². The highest BCUT2D eigenvalue weighted by Gasteiger charge is 2.22. The molecule has 0 rings (SSSR count). The Bertz CT molecular complexity index is 229. The number of carbonyl (C=O) groups is 2. The number of nitrogens with one attached hydrogen (secondary N) is 1. The van der Waals surface area contributed by atoms with Crippen molar-refractivity contribution in [3.63, 3.8) is 0 Å². The average molecular weight is 216 g/mol. The van der Waals surface area contributed by atoms with E-state index in [4.69, 9.17) is 5.11 Å². The van der Waals surface area contributed by atoms with Crippen LogP contribution in [-0.4, -0.2) is 48.1 Å². The zero-order valence-electron chi connectivity index (χ0n) is 9.78. The number of carbonyl (C=O) groups excluding carboxylic acids is 1. The number of amides is 1. The lowest BCUT2D eigenvalue weighted by Gasteiger charge is -2.27. The van der Waals surface area contributed by atoms with Crippen molar-refractivity contribution >= 4 is 11.9 Å². The van der Waals surface area contributed by atoms with Crippen molar-refractivity contribution in [1.82, 2.24) is 10.2 Å². The van der Waals surface area contributed by atoms with Gasteiger partial charge in [0.05, 0.1) is 12.6 Å². The number of hydrogen-bond donors (Lipinski definition) is 2. The van der Waals surface area contributed by atoms with Crippen LogP contribution in [0.5, 0.6) is 0 Å². The third kappa shape index (κ3) is 5.37. The van der Waals surface area contributed by atoms with Crippen molar-refractivity contribution in [1.29, 1.82) is 0 Å². The summed E-state index contributed by atoms with van der Waals surface area (Å²) >= 11 is 0. The van der Waals surface area contributed by atoms with E-state index < -0.39 is 12.0 Å². The second-order valence-corrected chi connectivity index (χ2v) is 4.01. The van der Waals surface area contributed by atoms with E-state index >= 15 is 0 Å². The molecule has 0 fully saturated rings. The average Bonchev–Trinajstić information content (AvgIpc) is 2.13. The fraction of sp³-hybridized carbons (Fsp3) is 0.800. The van der Waals surface area contributed by atoms with Crippen molar-refractivity contribution in [2.45, 2.75) is 26.8 Å². The number of likely N-dealkylation sites (N-methyl/N-ethyl adjacent to an activating group) is 1. The normalized spacial score (nSPS) is 12.9. The summed E-state index contributed by atoms with van der Waals surface area (Å²) in [6.45, 7) is 6.19. The lowest BCUT2D eigenvalue weighted by Crippen LogP contribution is -2.47. The number of aliphatic carboxylic acids is 1. The Hall–Kier alpha value is -1.10. The minimum Gasteiger partial charge on any atom is -0.480 e. The summed E-state index contributed by atoms with van der Waals surface area (Å²) < 4.78 is 0. The van der Waals surface area contributed by atoms with E-state index in [2.05, 4.69) is 5.32 Å². The first-order valence-corrected chi connectivity index (χ1v) is 5.06. The first-order chi connectivity index (χ1) is 6.88. The molecule has 2 N–H and O–H groups in total. The maximum Gasteiger partial charge on any atom is 0.317 e. The maximum atomic E-state index is 11.4. The third-order valence-corrected chi connectivity index (χ3v) is 2.11. The quantitative estimate of drug-likeness (QED) is 0.663. The molecular formula is C10H20N2O3. The number of nitrogens with zero attached hydrogens (tertiary/aromatic N) is 1. The summed E-state index contributed by atoms with van der Waals surface area (Å²) in [4.78, 5) is 23.7. The van der Waals surface area contributed by atoms with E-state index in [9.17, 15) is 9.59 Å². The molecule has 5 nitrogen and oxygen atoms in total. The summed E-state index contributed by atoms with van der Waals surface area (Å²) in [5, 5.41) is 11.2. The van der Waals surface area contributed by atoms with Gasteiger partial charge in [0.1, 0.15) is 0 Å². The maximum absolute atomic E-state index is 11.4. The molecule has 5 heteroatoms. The minimum atomic E-state index is -0.911. The molecule has 0 aromatic rings. The van der Waals surface area contributed by atoms with Gasteiger partial charge in [-0.2, -0.15) is 0 Å². The fourth-order valence-electron chi connectivity index (χ4n) is 1.38. The Morgan fingerprint density at radius 1 is 1.33 bits per heavy atom. The Kier molecular flexibility index (Phi) is 5.93. The Morgan fingerprint density at radius 3 is 2.20 bits per heavy atom. The molecule has 0 radical (unpaired) electrons. The van der Waals surface area contributed by atoms with Crippen LogP contribution < -0.4 is 5.32 Å². The molecule has 0 spiro atoms. The Morgan fingerprint density at radius 2 is 1.87 bits per heavy atom. The van der Waals surface area contributed by atoms with Gasteiger partial charge >= 0.3 is 5.97 Å². The van der Waals surface area contributed by atoms with Crippen LogP contribution in [0, 0.1) is 5.92 Å². The van der Waals surface area contributed by atoms with Crippen LogP contribution in [0.15, 0.2) is 0 Å². The smallest absolute Gasteiger partial charge is 0.317 e. The van der Waals surface area contributed by atoms with Gasteiger partial charge in [-0.05, 0) is 12.8 Å². The van der Waals surface area contributed by atoms with Gasteiger partial charge in [-0.15, -0.1) is 0 Å². The van der Waals surface area contributed by atoms with Crippen LogP contribution in [0.4, 0.5) is 0 Å². The van der Waals surface area contributed by atoms with Crippen LogP contribution in [0.1, 0.15) is 20.8 Å². The monoisotopic (exact) mass is 216 g/mol. The summed E-state index contributed by atoms with van der Waals surface area (Å²) in [6.07, 6.45) is 0. The second kappa shape index (κ2) is 6.40. The van der Waals surface area contributed by atoms with Crippen LogP contribution in [0.2, 0.25) is 0 Å². The molecule has 88 valence electrons. The highest BCUT2D eigenvalue weighted by Crippen LogP contribution is 2.04. The molecule has 0 bridgehead atoms. The SMILES string of the molecule is CNC(=O)C(C)N(CC(=O)O)CC(C)C. The Labute approximate surface area is 90.5 Å². The summed E-state index contributed by atoms with van der Waals surface area (Å²) in [7, 11) is 1.55. The van der Waals surface area contributed by atoms with Gasteiger partial charge in [-0.3, -0.25) is 14.5 Å². The number of carboxylic acid groups (broad SMARTS) is 1. The van der Waals surface area contributed by atoms with Gasteiger partial charge in [-0.25, -0.2) is 0 Å². The summed E-state index contributed by atoms with van der Waals surface area (Å²) in [6, 6.07) is -0.409. The van der Waals surface area contributed by atoms with Crippen molar-refractivity contribution in [3.05, 3.63) is 0 Å². The molecule has 1 unspecified atom stereocenters. The molecule has 0 heterocycles. The summed E-state index contributed by atoms with van der Waals surface area (Å²) in [5.74, 6) is -0.736. The molecular weight excluding hydrogens is 196 g/mol. The molecule has 0 saturated carbocycles. The standard InChI is InChI=1S/C10H20N2O3/c1-7(2)5-12(6-9(13)14)8(3)10(15)11-4/h7-8H,5-6H2,1-4H3,(H,11,15)(H,13,14). The lowest BCUT2D eigenvalue weighted by molar-refractivity contribution is -0.140. The molecule has 1 atom stereocenters. The topological polar surface area (TPSA) is 69.6 Å². The van der Waals surface area contributed by atoms with Gasteiger partial charge < -0.3 is 10.4 Å². The largest absolute Gasteiger partial charge is 0.480 e. The zero-order chi connectivity index (χ0) is 12.0. The van der Waals surface area contributed by atoms with E-state index in [1.165, 1.54) is 0 Å². The highest BCUT2D eigenvalue weighted by atomic mass is 16.4. The molecule has 0 aliphatic carbocycles. The van der Waals surface area contributed by atoms with Crippen molar-refractivity contribution in [2.24, 2.45) is 5.92 Å². The molecule has 15 heavy (non-hydrogen) atoms. The van der Waals surface area contributed by atoms with E-state index in [-0.39, 0.29) is 12.5 Å². The van der Waals surface area contributed by atoms with E-state index in [1.54, 1.807) is 18.9 Å². The highest BCUT2D eigenvalue weighted by molar-refractivity contribution is 5.81. The zero-order valence-corrected chi connectivity index (χ0v) is 9.78. The molecule has 0 aromatic carbocycles. The first kappa shape index (κ1) is 13.9. The number of hydrogen-bond acceptors (Lipinski definition) is 3. The predicted octanol–water partition coefficient (Wildman–Crippen LogP) is 0.164.